The Morgan fingerprint density at radius 3 is 2.41 bits per heavy atom. The van der Waals surface area contributed by atoms with Crippen LogP contribution in [0.5, 0.6) is 0 Å². The molecule has 2 nitrogen and oxygen atoms in total. The van der Waals surface area contributed by atoms with E-state index in [2.05, 4.69) is 4.99 Å². The molecule has 0 bridgehead atoms. The number of aryl methyl sites for hydroxylation is 1. The number of amidine groups is 1. The van der Waals surface area contributed by atoms with Crippen LogP contribution in [-0.2, 0) is 0 Å². The van der Waals surface area contributed by atoms with Crippen molar-refractivity contribution in [2.24, 2.45) is 16.1 Å². The fourth-order valence-electron chi connectivity index (χ4n) is 1.35. The molecule has 0 radical (unpaired) electrons. The minimum atomic E-state index is -0.195. The van der Waals surface area contributed by atoms with Gasteiger partial charge < -0.3 is 5.73 Å². The van der Waals surface area contributed by atoms with Gasteiger partial charge in [-0.15, -0.1) is 0 Å². The summed E-state index contributed by atoms with van der Waals surface area (Å²) in [5, 5.41) is 0. The zero-order valence-electron chi connectivity index (χ0n) is 11.2. The third-order valence-corrected chi connectivity index (χ3v) is 2.78. The van der Waals surface area contributed by atoms with Gasteiger partial charge in [-0.3, -0.25) is 4.99 Å². The van der Waals surface area contributed by atoms with Gasteiger partial charge in [0.25, 0.3) is 0 Å². The van der Waals surface area contributed by atoms with Crippen LogP contribution in [0.1, 0.15) is 44.9 Å². The number of rotatable bonds is 2. The lowest BCUT2D eigenvalue weighted by molar-refractivity contribution is 0.574. The van der Waals surface area contributed by atoms with Gasteiger partial charge in [0.2, 0.25) is 0 Å². The number of halogens is 1. The second-order valence-corrected chi connectivity index (χ2v) is 5.45. The van der Waals surface area contributed by atoms with Gasteiger partial charge in [-0.25, -0.2) is 4.39 Å². The maximum atomic E-state index is 13.4. The Morgan fingerprint density at radius 2 is 1.94 bits per heavy atom. The zero-order valence-corrected chi connectivity index (χ0v) is 11.2. The molecule has 0 aliphatic rings. The maximum absolute atomic E-state index is 13.4. The Bertz CT molecular complexity index is 430. The van der Waals surface area contributed by atoms with Crippen molar-refractivity contribution in [3.05, 3.63) is 35.1 Å². The van der Waals surface area contributed by atoms with Gasteiger partial charge >= 0.3 is 0 Å². The number of hydrogen-bond donors (Lipinski definition) is 1. The molecule has 3 heteroatoms. The van der Waals surface area contributed by atoms with E-state index in [1.165, 1.54) is 6.07 Å². The third kappa shape index (κ3) is 3.55. The quantitative estimate of drug-likeness (QED) is 0.618. The molecule has 0 aromatic heterocycles. The first-order valence-electron chi connectivity index (χ1n) is 5.81. The topological polar surface area (TPSA) is 38.4 Å². The summed E-state index contributed by atoms with van der Waals surface area (Å²) < 4.78 is 13.4. The zero-order chi connectivity index (χ0) is 13.2. The molecule has 1 aromatic carbocycles. The molecule has 2 N–H and O–H groups in total. The Labute approximate surface area is 103 Å². The second-order valence-electron chi connectivity index (χ2n) is 5.45. The standard InChI is InChI=1S/C14H21FN2/c1-9-6-7-11(8-12(9)15)10(2)17-13(16)14(3,4)5/h6-8,10H,1-5H3,(H2,16,17). The van der Waals surface area contributed by atoms with Gasteiger partial charge in [-0.1, -0.05) is 32.9 Å². The lowest BCUT2D eigenvalue weighted by atomic mass is 9.95. The summed E-state index contributed by atoms with van der Waals surface area (Å²) >= 11 is 0. The summed E-state index contributed by atoms with van der Waals surface area (Å²) in [7, 11) is 0. The minimum Gasteiger partial charge on any atom is -0.387 e. The van der Waals surface area contributed by atoms with Gasteiger partial charge in [0.1, 0.15) is 5.82 Å². The first-order chi connectivity index (χ1) is 7.71. The van der Waals surface area contributed by atoms with Gasteiger partial charge in [-0.05, 0) is 31.0 Å². The van der Waals surface area contributed by atoms with Crippen LogP contribution < -0.4 is 5.73 Å². The average Bonchev–Trinajstić information content (AvgIpc) is 2.20. The van der Waals surface area contributed by atoms with Crippen molar-refractivity contribution in [1.29, 1.82) is 0 Å². The van der Waals surface area contributed by atoms with Gasteiger partial charge in [0, 0.05) is 5.41 Å². The summed E-state index contributed by atoms with van der Waals surface area (Å²) in [5.41, 5.74) is 7.25. The van der Waals surface area contributed by atoms with Crippen molar-refractivity contribution in [2.45, 2.75) is 40.7 Å². The van der Waals surface area contributed by atoms with Crippen LogP contribution in [0.25, 0.3) is 0 Å². The Morgan fingerprint density at radius 1 is 1.35 bits per heavy atom. The molecule has 94 valence electrons. The van der Waals surface area contributed by atoms with Crippen LogP contribution in [0.3, 0.4) is 0 Å². The molecule has 0 amide bonds. The first-order valence-corrected chi connectivity index (χ1v) is 5.81. The highest BCUT2D eigenvalue weighted by molar-refractivity contribution is 5.85. The van der Waals surface area contributed by atoms with Crippen LogP contribution >= 0.6 is 0 Å². The molecule has 1 unspecified atom stereocenters. The number of nitrogens with two attached hydrogens (primary N) is 1. The molecule has 0 aliphatic heterocycles. The molecule has 17 heavy (non-hydrogen) atoms. The highest BCUT2D eigenvalue weighted by atomic mass is 19.1. The molecule has 0 saturated heterocycles. The number of hydrogen-bond acceptors (Lipinski definition) is 1. The third-order valence-electron chi connectivity index (χ3n) is 2.78. The molecule has 0 heterocycles. The smallest absolute Gasteiger partial charge is 0.126 e. The average molecular weight is 236 g/mol. The highest BCUT2D eigenvalue weighted by Gasteiger charge is 2.17. The van der Waals surface area contributed by atoms with Crippen molar-refractivity contribution in [1.82, 2.24) is 0 Å². The maximum Gasteiger partial charge on any atom is 0.126 e. The van der Waals surface area contributed by atoms with Crippen molar-refractivity contribution in [2.75, 3.05) is 0 Å². The van der Waals surface area contributed by atoms with Gasteiger partial charge in [-0.2, -0.15) is 0 Å². The van der Waals surface area contributed by atoms with Gasteiger partial charge in [0.05, 0.1) is 11.9 Å². The minimum absolute atomic E-state index is 0.121. The highest BCUT2D eigenvalue weighted by Crippen LogP contribution is 2.22. The molecule has 1 rings (SSSR count). The predicted molar refractivity (Wildman–Crippen MR) is 70.6 cm³/mol. The van der Waals surface area contributed by atoms with Crippen LogP contribution in [0.4, 0.5) is 4.39 Å². The van der Waals surface area contributed by atoms with E-state index < -0.39 is 0 Å². The summed E-state index contributed by atoms with van der Waals surface area (Å²) in [4.78, 5) is 4.42. The number of nitrogens with zero attached hydrogens (tertiary/aromatic N) is 1. The van der Waals surface area contributed by atoms with Crippen LogP contribution in [-0.4, -0.2) is 5.84 Å². The van der Waals surface area contributed by atoms with Crippen LogP contribution in [0.15, 0.2) is 23.2 Å². The van der Waals surface area contributed by atoms with E-state index in [0.29, 0.717) is 11.4 Å². The van der Waals surface area contributed by atoms with E-state index >= 15 is 0 Å². The van der Waals surface area contributed by atoms with E-state index in [1.807, 2.05) is 33.8 Å². The molecule has 1 atom stereocenters. The largest absolute Gasteiger partial charge is 0.387 e. The van der Waals surface area contributed by atoms with Gasteiger partial charge in [0.15, 0.2) is 0 Å². The van der Waals surface area contributed by atoms with Crippen molar-refractivity contribution < 1.29 is 4.39 Å². The SMILES string of the molecule is Cc1ccc(C(C)N=C(N)C(C)(C)C)cc1F. The Hall–Kier alpha value is -1.38. The molecule has 0 aliphatic carbocycles. The fraction of sp³-hybridized carbons (Fsp3) is 0.500. The van der Waals surface area contributed by atoms with Crippen molar-refractivity contribution in [3.8, 4) is 0 Å². The van der Waals surface area contributed by atoms with Crippen LogP contribution in [0, 0.1) is 18.2 Å². The number of aliphatic imine (C=N–C) groups is 1. The summed E-state index contributed by atoms with van der Waals surface area (Å²) in [6.45, 7) is 9.69. The van der Waals surface area contributed by atoms with E-state index in [0.717, 1.165) is 5.56 Å². The predicted octanol–water partition coefficient (Wildman–Crippen LogP) is 3.60. The number of benzene rings is 1. The van der Waals surface area contributed by atoms with E-state index in [9.17, 15) is 4.39 Å². The lowest BCUT2D eigenvalue weighted by Gasteiger charge is -2.19. The second kappa shape index (κ2) is 4.86. The summed E-state index contributed by atoms with van der Waals surface area (Å²) in [5.74, 6) is 0.393. The van der Waals surface area contributed by atoms with Crippen LogP contribution in [0.2, 0.25) is 0 Å². The lowest BCUT2D eigenvalue weighted by Crippen LogP contribution is -2.29. The first kappa shape index (κ1) is 13.7. The Kier molecular flexibility index (Phi) is 3.91. The van der Waals surface area contributed by atoms with Crippen molar-refractivity contribution >= 4 is 5.84 Å². The molecular weight excluding hydrogens is 215 g/mol. The fourth-order valence-corrected chi connectivity index (χ4v) is 1.35. The van der Waals surface area contributed by atoms with E-state index in [-0.39, 0.29) is 17.3 Å². The molecule has 0 spiro atoms. The normalized spacial score (nSPS) is 14.8. The van der Waals surface area contributed by atoms with Crippen molar-refractivity contribution in [3.63, 3.8) is 0 Å². The Balaban J connectivity index is 2.98. The molecule has 0 fully saturated rings. The molecule has 0 saturated carbocycles. The van der Waals surface area contributed by atoms with E-state index in [1.54, 1.807) is 13.0 Å². The molecule has 1 aromatic rings. The summed E-state index contributed by atoms with van der Waals surface area (Å²) in [6.07, 6.45) is 0. The monoisotopic (exact) mass is 236 g/mol. The molecular formula is C14H21FN2. The van der Waals surface area contributed by atoms with E-state index in [4.69, 9.17) is 5.73 Å². The summed E-state index contributed by atoms with van der Waals surface area (Å²) in [6, 6.07) is 5.07.